The average molecular weight is 308 g/mol. The number of ether oxygens (including phenoxy) is 3. The first-order valence-electron chi connectivity index (χ1n) is 6.55. The fourth-order valence-corrected chi connectivity index (χ4v) is 2.16. The van der Waals surface area contributed by atoms with Crippen molar-refractivity contribution in [3.8, 4) is 23.0 Å². The summed E-state index contributed by atoms with van der Waals surface area (Å²) in [4.78, 5) is 0. The smallest absolute Gasteiger partial charge is 0.134 e. The maximum Gasteiger partial charge on any atom is 0.134 e. The van der Waals surface area contributed by atoms with Crippen LogP contribution in [0.15, 0.2) is 36.4 Å². The van der Waals surface area contributed by atoms with Gasteiger partial charge in [0, 0.05) is 23.2 Å². The van der Waals surface area contributed by atoms with Crippen molar-refractivity contribution in [1.82, 2.24) is 0 Å². The summed E-state index contributed by atoms with van der Waals surface area (Å²) in [5, 5.41) is 0.661. The summed E-state index contributed by atoms with van der Waals surface area (Å²) in [7, 11) is 3.20. The number of nitrogens with two attached hydrogens (primary N) is 1. The molecule has 0 atom stereocenters. The van der Waals surface area contributed by atoms with E-state index in [-0.39, 0.29) is 0 Å². The molecule has 0 amide bonds. The molecule has 21 heavy (non-hydrogen) atoms. The fourth-order valence-electron chi connectivity index (χ4n) is 1.97. The molecular formula is C16H18ClNO3. The van der Waals surface area contributed by atoms with Crippen molar-refractivity contribution in [2.45, 2.75) is 6.42 Å². The van der Waals surface area contributed by atoms with E-state index in [2.05, 4.69) is 0 Å². The highest BCUT2D eigenvalue weighted by Crippen LogP contribution is 2.33. The molecule has 0 aliphatic rings. The minimum Gasteiger partial charge on any atom is -0.496 e. The average Bonchev–Trinajstić information content (AvgIpc) is 2.50. The zero-order valence-electron chi connectivity index (χ0n) is 12.1. The van der Waals surface area contributed by atoms with Crippen molar-refractivity contribution in [2.75, 3.05) is 20.8 Å². The molecule has 0 aliphatic carbocycles. The summed E-state index contributed by atoms with van der Waals surface area (Å²) in [5.74, 6) is 2.68. The SMILES string of the molecule is COc1cc(OC)cc(Oc2ccc(Cl)cc2CCN)c1. The van der Waals surface area contributed by atoms with Crippen molar-refractivity contribution < 1.29 is 14.2 Å². The first-order chi connectivity index (χ1) is 10.2. The lowest BCUT2D eigenvalue weighted by Crippen LogP contribution is -2.04. The van der Waals surface area contributed by atoms with Crippen LogP contribution in [0.3, 0.4) is 0 Å². The van der Waals surface area contributed by atoms with Gasteiger partial charge in [0.05, 0.1) is 14.2 Å². The van der Waals surface area contributed by atoms with Crippen LogP contribution in [-0.4, -0.2) is 20.8 Å². The summed E-state index contributed by atoms with van der Waals surface area (Å²) < 4.78 is 16.4. The van der Waals surface area contributed by atoms with Crippen LogP contribution < -0.4 is 19.9 Å². The zero-order valence-corrected chi connectivity index (χ0v) is 12.8. The van der Waals surface area contributed by atoms with Gasteiger partial charge in [0.15, 0.2) is 0 Å². The van der Waals surface area contributed by atoms with Gasteiger partial charge in [-0.2, -0.15) is 0 Å². The number of hydrogen-bond donors (Lipinski definition) is 1. The van der Waals surface area contributed by atoms with Gasteiger partial charge in [0.1, 0.15) is 23.0 Å². The predicted octanol–water partition coefficient (Wildman–Crippen LogP) is 3.65. The Kier molecular flexibility index (Phi) is 5.31. The highest BCUT2D eigenvalue weighted by atomic mass is 35.5. The molecule has 2 aromatic rings. The molecule has 0 bridgehead atoms. The molecule has 0 saturated carbocycles. The lowest BCUT2D eigenvalue weighted by atomic mass is 10.1. The molecule has 0 unspecified atom stereocenters. The van der Waals surface area contributed by atoms with E-state index in [1.165, 1.54) is 0 Å². The monoisotopic (exact) mass is 307 g/mol. The van der Waals surface area contributed by atoms with Gasteiger partial charge in [0.2, 0.25) is 0 Å². The summed E-state index contributed by atoms with van der Waals surface area (Å²) in [5.41, 5.74) is 6.59. The van der Waals surface area contributed by atoms with Crippen molar-refractivity contribution >= 4 is 11.6 Å². The Balaban J connectivity index is 2.33. The summed E-state index contributed by atoms with van der Waals surface area (Å²) in [6.07, 6.45) is 0.691. The molecule has 0 fully saturated rings. The lowest BCUT2D eigenvalue weighted by molar-refractivity contribution is 0.386. The molecular weight excluding hydrogens is 290 g/mol. The summed E-state index contributed by atoms with van der Waals surface area (Å²) >= 11 is 6.01. The van der Waals surface area contributed by atoms with Crippen molar-refractivity contribution in [3.63, 3.8) is 0 Å². The van der Waals surface area contributed by atoms with E-state index in [0.717, 1.165) is 11.3 Å². The van der Waals surface area contributed by atoms with Gasteiger partial charge < -0.3 is 19.9 Å². The summed E-state index contributed by atoms with van der Waals surface area (Å²) in [6.45, 7) is 0.526. The van der Waals surface area contributed by atoms with Crippen LogP contribution in [0.2, 0.25) is 5.02 Å². The van der Waals surface area contributed by atoms with E-state index >= 15 is 0 Å². The minimum atomic E-state index is 0.526. The molecule has 4 nitrogen and oxygen atoms in total. The van der Waals surface area contributed by atoms with Crippen molar-refractivity contribution in [3.05, 3.63) is 47.0 Å². The van der Waals surface area contributed by atoms with Gasteiger partial charge in [-0.3, -0.25) is 0 Å². The van der Waals surface area contributed by atoms with E-state index in [4.69, 9.17) is 31.5 Å². The third-order valence-electron chi connectivity index (χ3n) is 2.99. The molecule has 0 saturated heterocycles. The number of methoxy groups -OCH3 is 2. The number of hydrogen-bond acceptors (Lipinski definition) is 4. The zero-order chi connectivity index (χ0) is 15.2. The van der Waals surface area contributed by atoms with Crippen LogP contribution in [0, 0.1) is 0 Å². The molecule has 0 aromatic heterocycles. The first-order valence-corrected chi connectivity index (χ1v) is 6.93. The standard InChI is InChI=1S/C16H18ClNO3/c1-19-13-8-14(20-2)10-15(9-13)21-16-4-3-12(17)7-11(16)5-6-18/h3-4,7-10H,5-6,18H2,1-2H3. The van der Waals surface area contributed by atoms with E-state index in [9.17, 15) is 0 Å². The Morgan fingerprint density at radius 2 is 1.57 bits per heavy atom. The van der Waals surface area contributed by atoms with E-state index in [1.807, 2.05) is 12.1 Å². The molecule has 0 heterocycles. The van der Waals surface area contributed by atoms with E-state index < -0.39 is 0 Å². The van der Waals surface area contributed by atoms with Gasteiger partial charge >= 0.3 is 0 Å². The molecule has 0 aliphatic heterocycles. The van der Waals surface area contributed by atoms with Gasteiger partial charge in [-0.25, -0.2) is 0 Å². The van der Waals surface area contributed by atoms with Crippen molar-refractivity contribution in [2.24, 2.45) is 5.73 Å². The molecule has 2 aromatic carbocycles. The maximum atomic E-state index is 6.01. The number of benzene rings is 2. The van der Waals surface area contributed by atoms with Gasteiger partial charge in [-0.15, -0.1) is 0 Å². The fraction of sp³-hybridized carbons (Fsp3) is 0.250. The quantitative estimate of drug-likeness (QED) is 0.885. The van der Waals surface area contributed by atoms with E-state index in [1.54, 1.807) is 38.5 Å². The Labute approximate surface area is 129 Å². The minimum absolute atomic E-state index is 0.526. The molecule has 5 heteroatoms. The van der Waals surface area contributed by atoms with Crippen LogP contribution >= 0.6 is 11.6 Å². The number of halogens is 1. The van der Waals surface area contributed by atoms with Crippen LogP contribution in [0.25, 0.3) is 0 Å². The molecule has 2 rings (SSSR count). The lowest BCUT2D eigenvalue weighted by Gasteiger charge is -2.13. The van der Waals surface area contributed by atoms with Crippen LogP contribution in [0.5, 0.6) is 23.0 Å². The van der Waals surface area contributed by atoms with E-state index in [0.29, 0.717) is 35.2 Å². The Morgan fingerprint density at radius 3 is 2.14 bits per heavy atom. The Hall–Kier alpha value is -1.91. The van der Waals surface area contributed by atoms with Gasteiger partial charge in [-0.1, -0.05) is 11.6 Å². The van der Waals surface area contributed by atoms with Crippen molar-refractivity contribution in [1.29, 1.82) is 0 Å². The Bertz CT molecular complexity index is 594. The van der Waals surface area contributed by atoms with Crippen LogP contribution in [0.4, 0.5) is 0 Å². The van der Waals surface area contributed by atoms with Crippen LogP contribution in [-0.2, 0) is 6.42 Å². The number of rotatable bonds is 6. The maximum absolute atomic E-state index is 6.01. The second-order valence-corrected chi connectivity index (χ2v) is 4.88. The first kappa shape index (κ1) is 15.5. The normalized spacial score (nSPS) is 10.3. The van der Waals surface area contributed by atoms with Gasteiger partial charge in [-0.05, 0) is 36.7 Å². The highest BCUT2D eigenvalue weighted by Gasteiger charge is 2.08. The summed E-state index contributed by atoms with van der Waals surface area (Å²) in [6, 6.07) is 10.9. The second kappa shape index (κ2) is 7.20. The third kappa shape index (κ3) is 4.03. The Morgan fingerprint density at radius 1 is 0.952 bits per heavy atom. The molecule has 112 valence electrons. The van der Waals surface area contributed by atoms with Crippen LogP contribution in [0.1, 0.15) is 5.56 Å². The largest absolute Gasteiger partial charge is 0.496 e. The molecule has 0 spiro atoms. The second-order valence-electron chi connectivity index (χ2n) is 4.44. The molecule has 2 N–H and O–H groups in total. The highest BCUT2D eigenvalue weighted by molar-refractivity contribution is 6.30. The predicted molar refractivity (Wildman–Crippen MR) is 83.8 cm³/mol. The topological polar surface area (TPSA) is 53.7 Å². The third-order valence-corrected chi connectivity index (χ3v) is 3.22. The van der Waals surface area contributed by atoms with Gasteiger partial charge in [0.25, 0.3) is 0 Å². The molecule has 0 radical (unpaired) electrons.